The van der Waals surface area contributed by atoms with Crippen LogP contribution in [0.1, 0.15) is 76.0 Å². The Hall–Kier alpha value is -4.57. The van der Waals surface area contributed by atoms with Gasteiger partial charge in [-0.25, -0.2) is 27.9 Å². The largest absolute Gasteiger partial charge is 0.444 e. The van der Waals surface area contributed by atoms with Crippen molar-refractivity contribution < 1.29 is 40.8 Å². The third-order valence-corrected chi connectivity index (χ3v) is 8.57. The summed E-state index contributed by atoms with van der Waals surface area (Å²) in [5, 5.41) is 6.13. The minimum atomic E-state index is -3.22. The summed E-state index contributed by atoms with van der Waals surface area (Å²) in [6, 6.07) is -0.680. The van der Waals surface area contributed by atoms with Gasteiger partial charge in [-0.1, -0.05) is 11.7 Å². The summed E-state index contributed by atoms with van der Waals surface area (Å²) >= 11 is 0. The van der Waals surface area contributed by atoms with Crippen molar-refractivity contribution in [2.24, 2.45) is 5.92 Å². The van der Waals surface area contributed by atoms with Crippen LogP contribution in [-0.2, 0) is 10.7 Å². The number of carbonyl (C=O) groups excluding carboxylic acids is 2. The molecule has 0 bridgehead atoms. The molecule has 2 saturated heterocycles. The molecule has 1 N–H and O–H groups in total. The highest BCUT2D eigenvalue weighted by molar-refractivity contribution is 5.94. The van der Waals surface area contributed by atoms with Crippen molar-refractivity contribution in [3.63, 3.8) is 0 Å². The van der Waals surface area contributed by atoms with Crippen LogP contribution in [0.3, 0.4) is 0 Å². The maximum atomic E-state index is 14.8. The average Bonchev–Trinajstić information content (AvgIpc) is 3.59. The number of hydrogen-bond donors (Lipinski definition) is 1. The fourth-order valence-electron chi connectivity index (χ4n) is 6.06. The molecule has 2 amide bonds. The lowest BCUT2D eigenvalue weighted by molar-refractivity contribution is 0.00556. The first-order valence-corrected chi connectivity index (χ1v) is 16.4. The Morgan fingerprint density at radius 3 is 2.22 bits per heavy atom. The third-order valence-electron chi connectivity index (χ3n) is 8.57. The number of rotatable bonds is 11. The number of allylic oxidation sites excluding steroid dienone is 5. The lowest BCUT2D eigenvalue weighted by Gasteiger charge is -2.38. The Kier molecular flexibility index (Phi) is 10.8. The summed E-state index contributed by atoms with van der Waals surface area (Å²) in [5.74, 6) is -8.12. The molecule has 5 rings (SSSR count). The Morgan fingerprint density at radius 1 is 1.02 bits per heavy atom. The minimum absolute atomic E-state index is 0.0188. The van der Waals surface area contributed by atoms with Crippen LogP contribution < -0.4 is 15.1 Å². The molecule has 50 heavy (non-hydrogen) atoms. The quantitative estimate of drug-likeness (QED) is 0.214. The molecule has 2 atom stereocenters. The van der Waals surface area contributed by atoms with Crippen molar-refractivity contribution in [3.8, 4) is 0 Å². The Bertz CT molecular complexity index is 1610. The van der Waals surface area contributed by atoms with E-state index in [2.05, 4.69) is 32.0 Å². The number of aromatic nitrogens is 4. The fourth-order valence-corrected chi connectivity index (χ4v) is 6.06. The summed E-state index contributed by atoms with van der Waals surface area (Å²) in [6.45, 7) is 10.1. The number of carbonyl (C=O) groups is 2. The predicted octanol–water partition coefficient (Wildman–Crippen LogP) is 6.15. The standard InChI is InChI=1S/C33H41F5N8O4/c1-6-24(35)25(36)14-21(34)13-19-17-45(18-26(19)41-31(48)49-32(2,3)4)29-39-15-20(16-40-29)27(47)46(22-7-8-22)23-9-11-44(12-10-23)30-42-28(43-50-30)33(5,37)38/h6,14-16,19,22-23,26H,1,7-13,17-18H2,2-5H3,(H,41,48)/b21-14+,25-24-/t19-,26-/m0/s1. The molecule has 1 aliphatic carbocycles. The number of anilines is 2. The van der Waals surface area contributed by atoms with Gasteiger partial charge in [-0.15, -0.1) is 0 Å². The van der Waals surface area contributed by atoms with Crippen molar-refractivity contribution in [2.45, 2.75) is 89.4 Å². The molecule has 2 aromatic heterocycles. The highest BCUT2D eigenvalue weighted by Crippen LogP contribution is 2.35. The second-order valence-corrected chi connectivity index (χ2v) is 13.8. The van der Waals surface area contributed by atoms with Gasteiger partial charge < -0.3 is 29.3 Å². The Balaban J connectivity index is 1.25. The van der Waals surface area contributed by atoms with Crippen LogP contribution in [0, 0.1) is 5.92 Å². The topological polar surface area (TPSA) is 130 Å². The van der Waals surface area contributed by atoms with Gasteiger partial charge in [-0.3, -0.25) is 4.79 Å². The van der Waals surface area contributed by atoms with Gasteiger partial charge in [0.15, 0.2) is 11.7 Å². The van der Waals surface area contributed by atoms with E-state index in [4.69, 9.17) is 9.26 Å². The summed E-state index contributed by atoms with van der Waals surface area (Å²) in [6.07, 6.45) is 5.72. The number of hydrogen-bond acceptors (Lipinski definition) is 10. The molecule has 3 aliphatic rings. The maximum Gasteiger partial charge on any atom is 0.407 e. The molecule has 0 radical (unpaired) electrons. The van der Waals surface area contributed by atoms with E-state index in [1.165, 1.54) is 12.4 Å². The molecule has 4 heterocycles. The van der Waals surface area contributed by atoms with Gasteiger partial charge in [0.1, 0.15) is 11.4 Å². The number of alkyl carbamates (subject to hydrolysis) is 1. The molecule has 0 spiro atoms. The van der Waals surface area contributed by atoms with Crippen LogP contribution in [0.25, 0.3) is 0 Å². The highest BCUT2D eigenvalue weighted by atomic mass is 19.3. The summed E-state index contributed by atoms with van der Waals surface area (Å²) in [4.78, 5) is 44.3. The molecule has 0 aromatic carbocycles. The third kappa shape index (κ3) is 9.15. The first-order chi connectivity index (χ1) is 23.5. The number of alkyl halides is 2. The Morgan fingerprint density at radius 2 is 1.66 bits per heavy atom. The second kappa shape index (κ2) is 14.7. The number of halogens is 5. The highest BCUT2D eigenvalue weighted by Gasteiger charge is 2.41. The first-order valence-electron chi connectivity index (χ1n) is 16.4. The first kappa shape index (κ1) is 36.7. The van der Waals surface area contributed by atoms with Gasteiger partial charge in [0.25, 0.3) is 5.91 Å². The van der Waals surface area contributed by atoms with E-state index in [9.17, 15) is 31.5 Å². The van der Waals surface area contributed by atoms with E-state index in [-0.39, 0.29) is 55.0 Å². The number of nitrogens with zero attached hydrogens (tertiary/aromatic N) is 7. The lowest BCUT2D eigenvalue weighted by atomic mass is 9.99. The molecule has 1 saturated carbocycles. The van der Waals surface area contributed by atoms with Gasteiger partial charge in [0.2, 0.25) is 11.8 Å². The molecule has 272 valence electrons. The van der Waals surface area contributed by atoms with Crippen molar-refractivity contribution >= 4 is 24.0 Å². The van der Waals surface area contributed by atoms with Gasteiger partial charge in [0.05, 0.1) is 11.6 Å². The zero-order valence-corrected chi connectivity index (χ0v) is 28.3. The maximum absolute atomic E-state index is 14.8. The van der Waals surface area contributed by atoms with E-state index in [0.717, 1.165) is 12.8 Å². The van der Waals surface area contributed by atoms with E-state index in [0.29, 0.717) is 45.0 Å². The normalized spacial score (nSPS) is 21.2. The van der Waals surface area contributed by atoms with Gasteiger partial charge in [0, 0.05) is 76.0 Å². The molecule has 2 aromatic rings. The van der Waals surface area contributed by atoms with Crippen molar-refractivity contribution in [2.75, 3.05) is 36.0 Å². The molecule has 0 unspecified atom stereocenters. The van der Waals surface area contributed by atoms with Crippen LogP contribution in [0.15, 0.2) is 53.1 Å². The number of nitrogens with one attached hydrogen (secondary N) is 1. The molecule has 3 fully saturated rings. The number of ether oxygens (including phenoxy) is 1. The zero-order valence-electron chi connectivity index (χ0n) is 28.3. The van der Waals surface area contributed by atoms with Crippen molar-refractivity contribution in [1.82, 2.24) is 30.3 Å². The van der Waals surface area contributed by atoms with E-state index >= 15 is 0 Å². The van der Waals surface area contributed by atoms with E-state index in [1.807, 2.05) is 4.90 Å². The zero-order chi connectivity index (χ0) is 36.4. The average molecular weight is 709 g/mol. The van der Waals surface area contributed by atoms with Crippen molar-refractivity contribution in [1.29, 1.82) is 0 Å². The van der Waals surface area contributed by atoms with Crippen LogP contribution in [0.5, 0.6) is 0 Å². The van der Waals surface area contributed by atoms with Crippen LogP contribution in [-0.4, -0.2) is 86.9 Å². The predicted molar refractivity (Wildman–Crippen MR) is 172 cm³/mol. The molecular formula is C33H41F5N8O4. The SMILES string of the molecule is C=C/C(F)=C(F)\C=C(\F)C[C@H]1CN(c2ncc(C(=O)N(C3CC3)C3CCN(c4nc(C(C)(F)F)no4)CC3)cn2)C[C@@H]1NC(=O)OC(C)(C)C. The number of amides is 2. The van der Waals surface area contributed by atoms with Crippen LogP contribution >= 0.6 is 0 Å². The smallest absolute Gasteiger partial charge is 0.407 e. The van der Waals surface area contributed by atoms with Gasteiger partial charge in [-0.05, 0) is 52.5 Å². The van der Waals surface area contributed by atoms with Crippen LogP contribution in [0.4, 0.5) is 38.7 Å². The molecule has 17 heteroatoms. The molecule has 2 aliphatic heterocycles. The minimum Gasteiger partial charge on any atom is -0.444 e. The van der Waals surface area contributed by atoms with Gasteiger partial charge >= 0.3 is 18.0 Å². The molecular weight excluding hydrogens is 667 g/mol. The van der Waals surface area contributed by atoms with Crippen LogP contribution in [0.2, 0.25) is 0 Å². The molecule has 12 nitrogen and oxygen atoms in total. The number of piperidine rings is 1. The second-order valence-electron chi connectivity index (χ2n) is 13.8. The Labute approximate surface area is 286 Å². The van der Waals surface area contributed by atoms with Gasteiger partial charge in [-0.2, -0.15) is 13.8 Å². The summed E-state index contributed by atoms with van der Waals surface area (Å²) in [5.41, 5.74) is -0.516. The monoisotopic (exact) mass is 708 g/mol. The summed E-state index contributed by atoms with van der Waals surface area (Å²) < 4.78 is 79.9. The van der Waals surface area contributed by atoms with E-state index in [1.54, 1.807) is 30.6 Å². The van der Waals surface area contributed by atoms with Crippen molar-refractivity contribution in [3.05, 3.63) is 60.0 Å². The van der Waals surface area contributed by atoms with E-state index < -0.39 is 52.9 Å². The lowest BCUT2D eigenvalue weighted by Crippen LogP contribution is -2.48. The summed E-state index contributed by atoms with van der Waals surface area (Å²) in [7, 11) is 0. The fraction of sp³-hybridized carbons (Fsp3) is 0.576.